The Morgan fingerprint density at radius 3 is 2.79 bits per heavy atom. The van der Waals surface area contributed by atoms with Gasteiger partial charge in [-0.2, -0.15) is 5.10 Å². The molecule has 0 unspecified atom stereocenters. The van der Waals surface area contributed by atoms with Crippen molar-refractivity contribution in [2.75, 3.05) is 17.2 Å². The molecule has 0 fully saturated rings. The molecule has 2 aromatic rings. The van der Waals surface area contributed by atoms with Crippen LogP contribution in [-0.4, -0.2) is 29.7 Å². The zero-order chi connectivity index (χ0) is 14.0. The number of rotatable bonds is 5. The molecule has 7 heteroatoms. The highest BCUT2D eigenvalue weighted by Gasteiger charge is 2.14. The van der Waals surface area contributed by atoms with Crippen LogP contribution in [0.3, 0.4) is 0 Å². The third kappa shape index (κ3) is 3.16. The van der Waals surface area contributed by atoms with E-state index in [9.17, 15) is 8.42 Å². The molecule has 2 heterocycles. The van der Waals surface area contributed by atoms with Crippen molar-refractivity contribution in [2.24, 2.45) is 0 Å². The minimum atomic E-state index is -2.98. The maximum atomic E-state index is 11.5. The summed E-state index contributed by atoms with van der Waals surface area (Å²) in [5.74, 6) is 0.244. The number of nitrogen functional groups attached to an aromatic ring is 1. The quantitative estimate of drug-likeness (QED) is 0.915. The van der Waals surface area contributed by atoms with E-state index in [1.807, 2.05) is 18.4 Å². The average Bonchev–Trinajstić information content (AvgIpc) is 2.93. The molecule has 5 nitrogen and oxygen atoms in total. The minimum absolute atomic E-state index is 0.0908. The maximum Gasteiger partial charge on any atom is 0.151 e. The molecular weight excluding hydrogens is 282 g/mol. The van der Waals surface area contributed by atoms with Gasteiger partial charge in [0, 0.05) is 11.9 Å². The zero-order valence-electron chi connectivity index (χ0n) is 11.0. The fourth-order valence-electron chi connectivity index (χ4n) is 1.72. The number of nitrogens with zero attached hydrogens (tertiary/aromatic N) is 2. The van der Waals surface area contributed by atoms with Gasteiger partial charge in [0.25, 0.3) is 0 Å². The number of anilines is 1. The Bertz CT molecular complexity index is 671. The van der Waals surface area contributed by atoms with E-state index in [0.29, 0.717) is 12.2 Å². The lowest BCUT2D eigenvalue weighted by Gasteiger charge is -2.01. The summed E-state index contributed by atoms with van der Waals surface area (Å²) in [7, 11) is -2.98. The number of thiophene rings is 1. The molecule has 2 N–H and O–H groups in total. The summed E-state index contributed by atoms with van der Waals surface area (Å²) in [6.07, 6.45) is 1.69. The highest BCUT2D eigenvalue weighted by Crippen LogP contribution is 2.31. The van der Waals surface area contributed by atoms with Crippen molar-refractivity contribution >= 4 is 26.9 Å². The van der Waals surface area contributed by atoms with Crippen LogP contribution in [0, 0.1) is 6.92 Å². The Hall–Kier alpha value is -1.34. The molecule has 0 spiro atoms. The van der Waals surface area contributed by atoms with Crippen molar-refractivity contribution in [1.29, 1.82) is 0 Å². The van der Waals surface area contributed by atoms with Gasteiger partial charge < -0.3 is 5.73 Å². The fourth-order valence-corrected chi connectivity index (χ4v) is 3.41. The van der Waals surface area contributed by atoms with Crippen molar-refractivity contribution in [3.63, 3.8) is 0 Å². The smallest absolute Gasteiger partial charge is 0.151 e. The summed E-state index contributed by atoms with van der Waals surface area (Å²) in [6, 6.07) is 2.01. The Kier molecular flexibility index (Phi) is 3.96. The standard InChI is InChI=1S/C12H17N3O2S2/c1-3-19(16,17)7-5-15-8-10(13)11(14-15)12-9(2)4-6-18-12/h4,6,8H,3,5,7,13H2,1-2H3. The predicted molar refractivity (Wildman–Crippen MR) is 79.0 cm³/mol. The maximum absolute atomic E-state index is 11.5. The van der Waals surface area contributed by atoms with Crippen LogP contribution in [0.1, 0.15) is 12.5 Å². The van der Waals surface area contributed by atoms with Crippen LogP contribution in [0.2, 0.25) is 0 Å². The van der Waals surface area contributed by atoms with Gasteiger partial charge >= 0.3 is 0 Å². The summed E-state index contributed by atoms with van der Waals surface area (Å²) >= 11 is 1.58. The van der Waals surface area contributed by atoms with Crippen LogP contribution < -0.4 is 5.73 Å². The second kappa shape index (κ2) is 5.34. The Morgan fingerprint density at radius 2 is 2.21 bits per heavy atom. The average molecular weight is 299 g/mol. The zero-order valence-corrected chi connectivity index (χ0v) is 12.6. The van der Waals surface area contributed by atoms with Gasteiger partial charge in [0.1, 0.15) is 5.69 Å². The molecule has 0 atom stereocenters. The molecule has 0 saturated heterocycles. The van der Waals surface area contributed by atoms with Crippen LogP contribution in [0.5, 0.6) is 0 Å². The molecule has 2 rings (SSSR count). The van der Waals surface area contributed by atoms with E-state index in [-0.39, 0.29) is 11.5 Å². The topological polar surface area (TPSA) is 78.0 Å². The predicted octanol–water partition coefficient (Wildman–Crippen LogP) is 1.94. The molecule has 19 heavy (non-hydrogen) atoms. The van der Waals surface area contributed by atoms with Gasteiger partial charge in [-0.1, -0.05) is 6.92 Å². The van der Waals surface area contributed by atoms with E-state index in [4.69, 9.17) is 5.73 Å². The molecule has 0 aromatic carbocycles. The Labute approximate surface area is 117 Å². The summed E-state index contributed by atoms with van der Waals surface area (Å²) in [4.78, 5) is 1.04. The highest BCUT2D eigenvalue weighted by molar-refractivity contribution is 7.91. The third-order valence-electron chi connectivity index (χ3n) is 2.94. The normalized spacial score (nSPS) is 11.9. The van der Waals surface area contributed by atoms with Crippen molar-refractivity contribution in [2.45, 2.75) is 20.4 Å². The fraction of sp³-hybridized carbons (Fsp3) is 0.417. The number of aromatic nitrogens is 2. The molecule has 0 aliphatic rings. The number of hydrogen-bond acceptors (Lipinski definition) is 5. The number of sulfone groups is 1. The monoisotopic (exact) mass is 299 g/mol. The van der Waals surface area contributed by atoms with E-state index in [2.05, 4.69) is 5.10 Å². The second-order valence-electron chi connectivity index (χ2n) is 4.37. The lowest BCUT2D eigenvalue weighted by Crippen LogP contribution is -2.14. The molecule has 0 bridgehead atoms. The summed E-state index contributed by atoms with van der Waals surface area (Å²) in [6.45, 7) is 3.99. The molecule has 0 aliphatic carbocycles. The van der Waals surface area contributed by atoms with Crippen LogP contribution in [0.25, 0.3) is 10.6 Å². The molecule has 0 aliphatic heterocycles. The van der Waals surface area contributed by atoms with E-state index in [1.54, 1.807) is 29.1 Å². The van der Waals surface area contributed by atoms with Crippen molar-refractivity contribution in [3.8, 4) is 10.6 Å². The highest BCUT2D eigenvalue weighted by atomic mass is 32.2. The lowest BCUT2D eigenvalue weighted by molar-refractivity contribution is 0.582. The van der Waals surface area contributed by atoms with Crippen molar-refractivity contribution < 1.29 is 8.42 Å². The Morgan fingerprint density at radius 1 is 1.47 bits per heavy atom. The number of aryl methyl sites for hydroxylation is 2. The first-order valence-electron chi connectivity index (χ1n) is 6.01. The van der Waals surface area contributed by atoms with E-state index < -0.39 is 9.84 Å². The van der Waals surface area contributed by atoms with Gasteiger partial charge in [0.2, 0.25) is 0 Å². The summed E-state index contributed by atoms with van der Waals surface area (Å²) in [5, 5.41) is 6.38. The van der Waals surface area contributed by atoms with Gasteiger partial charge in [0.05, 0.1) is 22.9 Å². The van der Waals surface area contributed by atoms with Gasteiger partial charge in [0.15, 0.2) is 9.84 Å². The van der Waals surface area contributed by atoms with Gasteiger partial charge in [-0.15, -0.1) is 11.3 Å². The second-order valence-corrected chi connectivity index (χ2v) is 7.75. The number of nitrogens with two attached hydrogens (primary N) is 1. The van der Waals surface area contributed by atoms with Gasteiger partial charge in [-0.05, 0) is 23.9 Å². The molecule has 0 saturated carbocycles. The minimum Gasteiger partial charge on any atom is -0.396 e. The van der Waals surface area contributed by atoms with E-state index in [0.717, 1.165) is 16.1 Å². The van der Waals surface area contributed by atoms with Crippen LogP contribution in [0.4, 0.5) is 5.69 Å². The first kappa shape index (κ1) is 14.1. The van der Waals surface area contributed by atoms with Gasteiger partial charge in [-0.25, -0.2) is 8.42 Å². The van der Waals surface area contributed by atoms with Crippen LogP contribution in [-0.2, 0) is 16.4 Å². The number of hydrogen-bond donors (Lipinski definition) is 1. The lowest BCUT2D eigenvalue weighted by atomic mass is 10.2. The van der Waals surface area contributed by atoms with E-state index >= 15 is 0 Å². The molecule has 0 amide bonds. The summed E-state index contributed by atoms with van der Waals surface area (Å²) < 4.78 is 24.6. The molecular formula is C12H17N3O2S2. The largest absolute Gasteiger partial charge is 0.396 e. The molecule has 0 radical (unpaired) electrons. The Balaban J connectivity index is 2.21. The summed E-state index contributed by atoms with van der Waals surface area (Å²) in [5.41, 5.74) is 8.40. The van der Waals surface area contributed by atoms with Crippen LogP contribution in [0.15, 0.2) is 17.6 Å². The SMILES string of the molecule is CCS(=O)(=O)CCn1cc(N)c(-c2sccc2C)n1. The molecule has 104 valence electrons. The van der Waals surface area contributed by atoms with Crippen molar-refractivity contribution in [3.05, 3.63) is 23.2 Å². The third-order valence-corrected chi connectivity index (χ3v) is 5.65. The molecule has 2 aromatic heterocycles. The van der Waals surface area contributed by atoms with Crippen molar-refractivity contribution in [1.82, 2.24) is 9.78 Å². The van der Waals surface area contributed by atoms with E-state index in [1.165, 1.54) is 0 Å². The van der Waals surface area contributed by atoms with Gasteiger partial charge in [-0.3, -0.25) is 4.68 Å². The van der Waals surface area contributed by atoms with Crippen LogP contribution >= 0.6 is 11.3 Å². The first-order valence-corrected chi connectivity index (χ1v) is 8.71. The first-order chi connectivity index (χ1) is 8.93.